The second-order valence-corrected chi connectivity index (χ2v) is 5.72. The number of hydrogen-bond acceptors (Lipinski definition) is 4. The van der Waals surface area contributed by atoms with Crippen LogP contribution in [0.4, 0.5) is 5.69 Å². The van der Waals surface area contributed by atoms with Gasteiger partial charge in [0.05, 0.1) is 11.1 Å². The van der Waals surface area contributed by atoms with Crippen LogP contribution >= 0.6 is 23.2 Å². The summed E-state index contributed by atoms with van der Waals surface area (Å²) in [6.45, 7) is -0.466. The maximum Gasteiger partial charge on any atom is 0.335 e. The first kappa shape index (κ1) is 18.6. The third kappa shape index (κ3) is 5.37. The SMILES string of the molecule is O=C(COc1cc(C(=O)O)cc(C(=O)O)c1)Nc1cc(Cl)cc(Cl)c1. The number of rotatable bonds is 6. The van der Waals surface area contributed by atoms with E-state index in [1.54, 1.807) is 0 Å². The molecule has 2 aromatic carbocycles. The van der Waals surface area contributed by atoms with E-state index in [2.05, 4.69) is 5.32 Å². The lowest BCUT2D eigenvalue weighted by molar-refractivity contribution is -0.118. The molecule has 0 atom stereocenters. The summed E-state index contributed by atoms with van der Waals surface area (Å²) in [5.74, 6) is -3.25. The van der Waals surface area contributed by atoms with Gasteiger partial charge in [0, 0.05) is 15.7 Å². The Morgan fingerprint density at radius 1 is 0.880 bits per heavy atom. The molecule has 2 rings (SSSR count). The number of benzene rings is 2. The highest BCUT2D eigenvalue weighted by Crippen LogP contribution is 2.22. The standard InChI is InChI=1S/C16H11Cl2NO6/c17-10-4-11(18)6-12(5-10)19-14(20)7-25-13-2-8(15(21)22)1-9(3-13)16(23)24/h1-6H,7H2,(H,19,20)(H,21,22)(H,23,24). The van der Waals surface area contributed by atoms with Crippen molar-refractivity contribution in [1.29, 1.82) is 0 Å². The summed E-state index contributed by atoms with van der Waals surface area (Å²) in [6.07, 6.45) is 0. The van der Waals surface area contributed by atoms with Gasteiger partial charge >= 0.3 is 11.9 Å². The van der Waals surface area contributed by atoms with E-state index < -0.39 is 24.5 Å². The summed E-state index contributed by atoms with van der Waals surface area (Å²) in [7, 11) is 0. The third-order valence-corrected chi connectivity index (χ3v) is 3.35. The van der Waals surface area contributed by atoms with Gasteiger partial charge in [0.1, 0.15) is 5.75 Å². The van der Waals surface area contributed by atoms with Gasteiger partial charge in [-0.3, -0.25) is 4.79 Å². The Labute approximate surface area is 151 Å². The molecule has 0 aliphatic heterocycles. The number of amides is 1. The molecule has 25 heavy (non-hydrogen) atoms. The maximum atomic E-state index is 11.9. The Hall–Kier alpha value is -2.77. The first-order chi connectivity index (χ1) is 11.7. The van der Waals surface area contributed by atoms with E-state index in [0.717, 1.165) is 18.2 Å². The molecule has 0 bridgehead atoms. The topological polar surface area (TPSA) is 113 Å². The minimum atomic E-state index is -1.31. The normalized spacial score (nSPS) is 10.2. The molecule has 9 heteroatoms. The average Bonchev–Trinajstić information content (AvgIpc) is 2.51. The predicted octanol–water partition coefficient (Wildman–Crippen LogP) is 3.41. The second-order valence-electron chi connectivity index (χ2n) is 4.85. The fourth-order valence-corrected chi connectivity index (χ4v) is 2.43. The summed E-state index contributed by atoms with van der Waals surface area (Å²) >= 11 is 11.6. The molecular formula is C16H11Cl2NO6. The molecule has 0 aromatic heterocycles. The van der Waals surface area contributed by atoms with Gasteiger partial charge in [-0.05, 0) is 36.4 Å². The number of carbonyl (C=O) groups is 3. The number of aromatic carboxylic acids is 2. The van der Waals surface area contributed by atoms with Crippen molar-refractivity contribution in [2.75, 3.05) is 11.9 Å². The first-order valence-electron chi connectivity index (χ1n) is 6.75. The molecule has 0 spiro atoms. The fourth-order valence-electron chi connectivity index (χ4n) is 1.90. The van der Waals surface area contributed by atoms with E-state index >= 15 is 0 Å². The molecule has 0 saturated heterocycles. The van der Waals surface area contributed by atoms with Crippen LogP contribution in [0.25, 0.3) is 0 Å². The molecule has 7 nitrogen and oxygen atoms in total. The van der Waals surface area contributed by atoms with E-state index in [4.69, 9.17) is 38.2 Å². The van der Waals surface area contributed by atoms with Gasteiger partial charge < -0.3 is 20.3 Å². The smallest absolute Gasteiger partial charge is 0.335 e. The highest BCUT2D eigenvalue weighted by molar-refractivity contribution is 6.35. The zero-order chi connectivity index (χ0) is 18.6. The number of carboxylic acids is 2. The molecule has 0 unspecified atom stereocenters. The first-order valence-corrected chi connectivity index (χ1v) is 7.50. The number of anilines is 1. The Morgan fingerprint density at radius 3 is 1.88 bits per heavy atom. The number of carbonyl (C=O) groups excluding carboxylic acids is 1. The molecule has 1 amide bonds. The van der Waals surface area contributed by atoms with Crippen molar-refractivity contribution in [3.8, 4) is 5.75 Å². The van der Waals surface area contributed by atoms with E-state index in [-0.39, 0.29) is 16.9 Å². The van der Waals surface area contributed by atoms with Crippen molar-refractivity contribution < 1.29 is 29.3 Å². The molecule has 0 aliphatic carbocycles. The Bertz CT molecular complexity index is 800. The van der Waals surface area contributed by atoms with Gasteiger partial charge in [0.25, 0.3) is 5.91 Å². The van der Waals surface area contributed by atoms with Crippen molar-refractivity contribution in [2.24, 2.45) is 0 Å². The average molecular weight is 384 g/mol. The van der Waals surface area contributed by atoms with E-state index in [1.807, 2.05) is 0 Å². The predicted molar refractivity (Wildman–Crippen MR) is 90.9 cm³/mol. The monoisotopic (exact) mass is 383 g/mol. The highest BCUT2D eigenvalue weighted by atomic mass is 35.5. The van der Waals surface area contributed by atoms with Crippen LogP contribution in [-0.4, -0.2) is 34.7 Å². The molecule has 0 saturated carbocycles. The number of halogens is 2. The molecule has 0 radical (unpaired) electrons. The summed E-state index contributed by atoms with van der Waals surface area (Å²) < 4.78 is 5.18. The van der Waals surface area contributed by atoms with Crippen LogP contribution in [0, 0.1) is 0 Å². The van der Waals surface area contributed by atoms with E-state index in [9.17, 15) is 14.4 Å². The number of ether oxygens (including phenoxy) is 1. The van der Waals surface area contributed by atoms with Gasteiger partial charge in [-0.25, -0.2) is 9.59 Å². The number of hydrogen-bond donors (Lipinski definition) is 3. The summed E-state index contributed by atoms with van der Waals surface area (Å²) in [4.78, 5) is 33.9. The van der Waals surface area contributed by atoms with Crippen molar-refractivity contribution >= 4 is 46.7 Å². The van der Waals surface area contributed by atoms with Crippen LogP contribution in [0.5, 0.6) is 5.75 Å². The molecule has 130 valence electrons. The molecule has 0 aliphatic rings. The Kier molecular flexibility index (Phi) is 5.84. The maximum absolute atomic E-state index is 11.9. The summed E-state index contributed by atoms with van der Waals surface area (Å²) in [5.41, 5.74) is -0.175. The van der Waals surface area contributed by atoms with Gasteiger partial charge in [-0.1, -0.05) is 23.2 Å². The van der Waals surface area contributed by atoms with Gasteiger partial charge in [0.2, 0.25) is 0 Å². The minimum absolute atomic E-state index is 0.0587. The molecule has 0 fully saturated rings. The van der Waals surface area contributed by atoms with Crippen LogP contribution in [0.15, 0.2) is 36.4 Å². The highest BCUT2D eigenvalue weighted by Gasteiger charge is 2.13. The van der Waals surface area contributed by atoms with Gasteiger partial charge in [-0.2, -0.15) is 0 Å². The minimum Gasteiger partial charge on any atom is -0.484 e. The van der Waals surface area contributed by atoms with Crippen molar-refractivity contribution in [1.82, 2.24) is 0 Å². The fraction of sp³-hybridized carbons (Fsp3) is 0.0625. The zero-order valence-corrected chi connectivity index (χ0v) is 14.0. The number of carboxylic acid groups (broad SMARTS) is 2. The third-order valence-electron chi connectivity index (χ3n) is 2.92. The number of nitrogens with one attached hydrogen (secondary N) is 1. The summed E-state index contributed by atoms with van der Waals surface area (Å²) in [6, 6.07) is 7.71. The lowest BCUT2D eigenvalue weighted by atomic mass is 10.1. The van der Waals surface area contributed by atoms with E-state index in [1.165, 1.54) is 18.2 Å². The lowest BCUT2D eigenvalue weighted by Crippen LogP contribution is -2.20. The van der Waals surface area contributed by atoms with Crippen molar-refractivity contribution in [3.63, 3.8) is 0 Å². The van der Waals surface area contributed by atoms with Crippen LogP contribution in [0.1, 0.15) is 20.7 Å². The Balaban J connectivity index is 2.08. The zero-order valence-electron chi connectivity index (χ0n) is 12.5. The van der Waals surface area contributed by atoms with E-state index in [0.29, 0.717) is 15.7 Å². The van der Waals surface area contributed by atoms with Crippen LogP contribution in [-0.2, 0) is 4.79 Å². The van der Waals surface area contributed by atoms with Gasteiger partial charge in [0.15, 0.2) is 6.61 Å². The van der Waals surface area contributed by atoms with Gasteiger partial charge in [-0.15, -0.1) is 0 Å². The van der Waals surface area contributed by atoms with Crippen molar-refractivity contribution in [2.45, 2.75) is 0 Å². The quantitative estimate of drug-likeness (QED) is 0.704. The lowest BCUT2D eigenvalue weighted by Gasteiger charge is -2.09. The molecule has 2 aromatic rings. The van der Waals surface area contributed by atoms with Crippen LogP contribution < -0.4 is 10.1 Å². The largest absolute Gasteiger partial charge is 0.484 e. The Morgan fingerprint density at radius 2 is 1.40 bits per heavy atom. The summed E-state index contributed by atoms with van der Waals surface area (Å²) in [5, 5.41) is 21.2. The van der Waals surface area contributed by atoms with Crippen LogP contribution in [0.3, 0.4) is 0 Å². The molecule has 0 heterocycles. The van der Waals surface area contributed by atoms with Crippen molar-refractivity contribution in [3.05, 3.63) is 57.6 Å². The molecular weight excluding hydrogens is 373 g/mol. The van der Waals surface area contributed by atoms with Crippen LogP contribution in [0.2, 0.25) is 10.0 Å². The molecule has 3 N–H and O–H groups in total. The second kappa shape index (κ2) is 7.87.